The number of nitrogens with zero attached hydrogens (tertiary/aromatic N) is 3. The molecule has 0 spiro atoms. The second-order valence-corrected chi connectivity index (χ2v) is 8.68. The predicted octanol–water partition coefficient (Wildman–Crippen LogP) is 4.11. The van der Waals surface area contributed by atoms with E-state index in [1.807, 2.05) is 35.2 Å². The molecule has 1 N–H and O–H groups in total. The third-order valence-electron chi connectivity index (χ3n) is 4.37. The summed E-state index contributed by atoms with van der Waals surface area (Å²) in [5.41, 5.74) is 1.65. The van der Waals surface area contributed by atoms with Crippen LogP contribution in [-0.4, -0.2) is 47.3 Å². The Labute approximate surface area is 176 Å². The van der Waals surface area contributed by atoms with Crippen LogP contribution in [0.2, 0.25) is 0 Å². The molecule has 150 valence electrons. The van der Waals surface area contributed by atoms with Gasteiger partial charge in [0.2, 0.25) is 11.0 Å². The molecule has 6 nitrogen and oxygen atoms in total. The summed E-state index contributed by atoms with van der Waals surface area (Å²) in [6.07, 6.45) is 0. The summed E-state index contributed by atoms with van der Waals surface area (Å²) in [6.45, 7) is 2.30. The Morgan fingerprint density at radius 3 is 2.55 bits per heavy atom. The van der Waals surface area contributed by atoms with Crippen molar-refractivity contribution in [2.24, 2.45) is 0 Å². The summed E-state index contributed by atoms with van der Waals surface area (Å²) in [4.78, 5) is 15.0. The highest BCUT2D eigenvalue weighted by Gasteiger charge is 2.29. The SMILES string of the molecule is O=C([C@H](Sc1nnc(Nc2ccc(F)cc2)s1)c1ccccc1)N1CCOCC1. The minimum Gasteiger partial charge on any atom is -0.378 e. The highest BCUT2D eigenvalue weighted by molar-refractivity contribution is 8.01. The van der Waals surface area contributed by atoms with Crippen molar-refractivity contribution in [3.63, 3.8) is 0 Å². The summed E-state index contributed by atoms with van der Waals surface area (Å²) in [5, 5.41) is 11.7. The Kier molecular flexibility index (Phi) is 6.38. The number of rotatable bonds is 6. The number of nitrogens with one attached hydrogen (secondary N) is 1. The van der Waals surface area contributed by atoms with Crippen molar-refractivity contribution < 1.29 is 13.9 Å². The Morgan fingerprint density at radius 2 is 1.83 bits per heavy atom. The van der Waals surface area contributed by atoms with Crippen LogP contribution >= 0.6 is 23.1 Å². The van der Waals surface area contributed by atoms with E-state index in [9.17, 15) is 9.18 Å². The van der Waals surface area contributed by atoms with E-state index in [1.54, 1.807) is 12.1 Å². The molecule has 29 heavy (non-hydrogen) atoms. The van der Waals surface area contributed by atoms with Gasteiger partial charge in [-0.25, -0.2) is 4.39 Å². The van der Waals surface area contributed by atoms with Crippen molar-refractivity contribution >= 4 is 39.8 Å². The molecule has 9 heteroatoms. The number of ether oxygens (including phenoxy) is 1. The maximum absolute atomic E-state index is 13.2. The molecule has 2 aromatic carbocycles. The highest BCUT2D eigenvalue weighted by Crippen LogP contribution is 2.39. The lowest BCUT2D eigenvalue weighted by molar-refractivity contribution is -0.134. The minimum atomic E-state index is -0.402. The fourth-order valence-electron chi connectivity index (χ4n) is 2.90. The van der Waals surface area contributed by atoms with Gasteiger partial charge in [0, 0.05) is 18.8 Å². The Bertz CT molecular complexity index is 947. The number of hydrogen-bond donors (Lipinski definition) is 1. The summed E-state index contributed by atoms with van der Waals surface area (Å²) in [6, 6.07) is 15.7. The number of anilines is 2. The zero-order valence-corrected chi connectivity index (χ0v) is 17.1. The fraction of sp³-hybridized carbons (Fsp3) is 0.250. The number of morpholine rings is 1. The molecule has 4 rings (SSSR count). The second kappa shape index (κ2) is 9.34. The zero-order chi connectivity index (χ0) is 20.1. The number of aromatic nitrogens is 2. The second-order valence-electron chi connectivity index (χ2n) is 6.35. The molecule has 1 aliphatic rings. The lowest BCUT2D eigenvalue weighted by Gasteiger charge is -2.30. The zero-order valence-electron chi connectivity index (χ0n) is 15.5. The largest absolute Gasteiger partial charge is 0.378 e. The first kappa shape index (κ1) is 19.8. The van der Waals surface area contributed by atoms with E-state index >= 15 is 0 Å². The molecule has 1 aromatic heterocycles. The number of halogens is 1. The maximum Gasteiger partial charge on any atom is 0.240 e. The number of amides is 1. The molecule has 0 radical (unpaired) electrons. The van der Waals surface area contributed by atoms with E-state index in [1.165, 1.54) is 35.2 Å². The molecule has 1 atom stereocenters. The molecule has 1 amide bonds. The molecule has 1 fully saturated rings. The van der Waals surface area contributed by atoms with Crippen LogP contribution in [0.15, 0.2) is 58.9 Å². The average molecular weight is 431 g/mol. The lowest BCUT2D eigenvalue weighted by atomic mass is 10.1. The first-order valence-corrected chi connectivity index (χ1v) is 10.8. The predicted molar refractivity (Wildman–Crippen MR) is 112 cm³/mol. The summed E-state index contributed by atoms with van der Waals surface area (Å²) >= 11 is 2.75. The van der Waals surface area contributed by atoms with Gasteiger partial charge in [0.05, 0.1) is 13.2 Å². The van der Waals surface area contributed by atoms with Gasteiger partial charge in [0.1, 0.15) is 11.1 Å². The fourth-order valence-corrected chi connectivity index (χ4v) is 4.95. The van der Waals surface area contributed by atoms with Gasteiger partial charge < -0.3 is 15.0 Å². The summed E-state index contributed by atoms with van der Waals surface area (Å²) < 4.78 is 19.1. The topological polar surface area (TPSA) is 67.4 Å². The Hall–Kier alpha value is -2.49. The molecule has 1 aliphatic heterocycles. The van der Waals surface area contributed by atoms with Crippen LogP contribution in [0.5, 0.6) is 0 Å². The molecular formula is C20H19FN4O2S2. The van der Waals surface area contributed by atoms with Crippen molar-refractivity contribution in [2.45, 2.75) is 9.59 Å². The van der Waals surface area contributed by atoms with Gasteiger partial charge in [-0.2, -0.15) is 0 Å². The quantitative estimate of drug-likeness (QED) is 0.594. The average Bonchev–Trinajstić information content (AvgIpc) is 3.21. The third-order valence-corrected chi connectivity index (χ3v) is 6.53. The van der Waals surface area contributed by atoms with Gasteiger partial charge in [-0.3, -0.25) is 4.79 Å². The summed E-state index contributed by atoms with van der Waals surface area (Å²) in [7, 11) is 0. The first-order valence-electron chi connectivity index (χ1n) is 9.13. The van der Waals surface area contributed by atoms with Crippen LogP contribution in [-0.2, 0) is 9.53 Å². The van der Waals surface area contributed by atoms with Crippen molar-refractivity contribution in [2.75, 3.05) is 31.6 Å². The lowest BCUT2D eigenvalue weighted by Crippen LogP contribution is -2.42. The van der Waals surface area contributed by atoms with Crippen molar-refractivity contribution in [3.8, 4) is 0 Å². The highest BCUT2D eigenvalue weighted by atomic mass is 32.2. The van der Waals surface area contributed by atoms with Gasteiger partial charge in [-0.05, 0) is 29.8 Å². The number of benzene rings is 2. The molecule has 2 heterocycles. The maximum atomic E-state index is 13.2. The Balaban J connectivity index is 1.51. The van der Waals surface area contributed by atoms with Crippen LogP contribution in [0.25, 0.3) is 0 Å². The van der Waals surface area contributed by atoms with Crippen LogP contribution in [0.3, 0.4) is 0 Å². The number of hydrogen-bond acceptors (Lipinski definition) is 7. The molecular weight excluding hydrogens is 411 g/mol. The standard InChI is InChI=1S/C20H19FN4O2S2/c21-15-6-8-16(9-7-15)22-19-23-24-20(29-19)28-17(14-4-2-1-3-5-14)18(26)25-10-12-27-13-11-25/h1-9,17H,10-13H2,(H,22,23)/t17-/m1/s1. The van der Waals surface area contributed by atoms with Gasteiger partial charge in [-0.1, -0.05) is 53.4 Å². The molecule has 0 saturated carbocycles. The van der Waals surface area contributed by atoms with E-state index in [4.69, 9.17) is 4.74 Å². The minimum absolute atomic E-state index is 0.0488. The van der Waals surface area contributed by atoms with Crippen molar-refractivity contribution in [1.29, 1.82) is 0 Å². The number of carbonyl (C=O) groups is 1. The molecule has 0 bridgehead atoms. The molecule has 1 saturated heterocycles. The van der Waals surface area contributed by atoms with E-state index < -0.39 is 5.25 Å². The van der Waals surface area contributed by atoms with Crippen molar-refractivity contribution in [1.82, 2.24) is 15.1 Å². The van der Waals surface area contributed by atoms with Gasteiger partial charge in [0.15, 0.2) is 4.34 Å². The van der Waals surface area contributed by atoms with Crippen LogP contribution in [0.1, 0.15) is 10.8 Å². The van der Waals surface area contributed by atoms with E-state index in [0.717, 1.165) is 11.3 Å². The van der Waals surface area contributed by atoms with Gasteiger partial charge in [0.25, 0.3) is 0 Å². The van der Waals surface area contributed by atoms with Crippen LogP contribution in [0.4, 0.5) is 15.2 Å². The molecule has 3 aromatic rings. The third kappa shape index (κ3) is 5.11. The van der Waals surface area contributed by atoms with Crippen LogP contribution in [0, 0.1) is 5.82 Å². The van der Waals surface area contributed by atoms with Gasteiger partial charge in [-0.15, -0.1) is 10.2 Å². The van der Waals surface area contributed by atoms with E-state index in [0.29, 0.717) is 35.8 Å². The van der Waals surface area contributed by atoms with Gasteiger partial charge >= 0.3 is 0 Å². The monoisotopic (exact) mass is 430 g/mol. The first-order chi connectivity index (χ1) is 14.2. The normalized spacial score (nSPS) is 15.1. The summed E-state index contributed by atoms with van der Waals surface area (Å²) in [5.74, 6) is -0.246. The molecule has 0 aliphatic carbocycles. The van der Waals surface area contributed by atoms with Crippen molar-refractivity contribution in [3.05, 3.63) is 66.0 Å². The number of carbonyl (C=O) groups excluding carboxylic acids is 1. The van der Waals surface area contributed by atoms with E-state index in [-0.39, 0.29) is 11.7 Å². The Morgan fingerprint density at radius 1 is 1.10 bits per heavy atom. The molecule has 0 unspecified atom stereocenters. The smallest absolute Gasteiger partial charge is 0.240 e. The van der Waals surface area contributed by atoms with Crippen LogP contribution < -0.4 is 5.32 Å². The number of thioether (sulfide) groups is 1. The van der Waals surface area contributed by atoms with E-state index in [2.05, 4.69) is 15.5 Å².